The van der Waals surface area contributed by atoms with Crippen molar-refractivity contribution in [3.63, 3.8) is 0 Å². The summed E-state index contributed by atoms with van der Waals surface area (Å²) in [6.45, 7) is 6.98. The molecule has 0 aliphatic carbocycles. The Morgan fingerprint density at radius 1 is 1.52 bits per heavy atom. The molecule has 0 radical (unpaired) electrons. The first kappa shape index (κ1) is 17.5. The van der Waals surface area contributed by atoms with Crippen LogP contribution >= 0.6 is 0 Å². The Balaban J connectivity index is 1.80. The molecule has 1 aliphatic heterocycles. The molecule has 2 heterocycles. The molecule has 0 aromatic carbocycles. The van der Waals surface area contributed by atoms with Crippen LogP contribution in [0.5, 0.6) is 0 Å². The van der Waals surface area contributed by atoms with E-state index in [4.69, 9.17) is 0 Å². The Bertz CT molecular complexity index is 598. The first-order valence-electron chi connectivity index (χ1n) is 8.12. The SMILES string of the molecule is CC(C)N(C)CC(=O)NC[C@H]1CCN(c2cnn(C)c(=O)c2)C1. The van der Waals surface area contributed by atoms with Gasteiger partial charge in [0, 0.05) is 38.8 Å². The van der Waals surface area contributed by atoms with Crippen LogP contribution in [0.3, 0.4) is 0 Å². The Kier molecular flexibility index (Phi) is 5.76. The summed E-state index contributed by atoms with van der Waals surface area (Å²) in [5, 5.41) is 7.07. The minimum absolute atomic E-state index is 0.0647. The Labute approximate surface area is 137 Å². The van der Waals surface area contributed by atoms with Gasteiger partial charge in [0.25, 0.3) is 5.56 Å². The summed E-state index contributed by atoms with van der Waals surface area (Å²) in [6.07, 6.45) is 2.73. The van der Waals surface area contributed by atoms with E-state index in [9.17, 15) is 9.59 Å². The van der Waals surface area contributed by atoms with Gasteiger partial charge in [0.05, 0.1) is 18.4 Å². The van der Waals surface area contributed by atoms with E-state index in [1.807, 2.05) is 11.9 Å². The third-order valence-electron chi connectivity index (χ3n) is 4.47. The zero-order valence-electron chi connectivity index (χ0n) is 14.5. The van der Waals surface area contributed by atoms with Crippen molar-refractivity contribution in [1.82, 2.24) is 20.0 Å². The number of nitrogens with zero attached hydrogens (tertiary/aromatic N) is 4. The lowest BCUT2D eigenvalue weighted by Gasteiger charge is -2.21. The van der Waals surface area contributed by atoms with Gasteiger partial charge in [0.15, 0.2) is 0 Å². The van der Waals surface area contributed by atoms with Crippen molar-refractivity contribution < 1.29 is 4.79 Å². The summed E-state index contributed by atoms with van der Waals surface area (Å²) in [6, 6.07) is 1.97. The number of nitrogens with one attached hydrogen (secondary N) is 1. The van der Waals surface area contributed by atoms with Crippen molar-refractivity contribution in [2.45, 2.75) is 26.3 Å². The molecule has 7 nitrogen and oxygen atoms in total. The van der Waals surface area contributed by atoms with Gasteiger partial charge >= 0.3 is 0 Å². The van der Waals surface area contributed by atoms with E-state index >= 15 is 0 Å². The molecule has 1 fully saturated rings. The van der Waals surface area contributed by atoms with Crippen LogP contribution in [-0.2, 0) is 11.8 Å². The van der Waals surface area contributed by atoms with E-state index in [0.29, 0.717) is 25.0 Å². The maximum atomic E-state index is 11.9. The molecular formula is C16H27N5O2. The monoisotopic (exact) mass is 321 g/mol. The van der Waals surface area contributed by atoms with Gasteiger partial charge in [-0.25, -0.2) is 4.68 Å². The Morgan fingerprint density at radius 3 is 2.91 bits per heavy atom. The Morgan fingerprint density at radius 2 is 2.26 bits per heavy atom. The molecule has 1 saturated heterocycles. The fourth-order valence-corrected chi connectivity index (χ4v) is 2.59. The first-order valence-corrected chi connectivity index (χ1v) is 8.12. The Hall–Kier alpha value is -1.89. The van der Waals surface area contributed by atoms with Crippen molar-refractivity contribution in [3.05, 3.63) is 22.6 Å². The number of aryl methyl sites for hydroxylation is 1. The highest BCUT2D eigenvalue weighted by Crippen LogP contribution is 2.21. The third-order valence-corrected chi connectivity index (χ3v) is 4.47. The molecule has 1 aromatic heterocycles. The van der Waals surface area contributed by atoms with Crippen molar-refractivity contribution >= 4 is 11.6 Å². The van der Waals surface area contributed by atoms with Crippen LogP contribution in [0.4, 0.5) is 5.69 Å². The molecule has 1 amide bonds. The standard InChI is InChI=1S/C16H27N5O2/c1-12(2)19(3)11-15(22)17-8-13-5-6-21(10-13)14-7-16(23)20(4)18-9-14/h7,9,12-13H,5-6,8,10-11H2,1-4H3,(H,17,22)/t13-/m1/s1. The van der Waals surface area contributed by atoms with Gasteiger partial charge in [-0.1, -0.05) is 0 Å². The fourth-order valence-electron chi connectivity index (χ4n) is 2.59. The van der Waals surface area contributed by atoms with Gasteiger partial charge in [0.1, 0.15) is 0 Å². The summed E-state index contributed by atoms with van der Waals surface area (Å²) in [5.74, 6) is 0.474. The summed E-state index contributed by atoms with van der Waals surface area (Å²) in [5.41, 5.74) is 0.762. The summed E-state index contributed by atoms with van der Waals surface area (Å²) in [7, 11) is 3.59. The predicted octanol–water partition coefficient (Wildman–Crippen LogP) is 0.0630. The van der Waals surface area contributed by atoms with Gasteiger partial charge in [0.2, 0.25) is 5.91 Å². The number of rotatable bonds is 6. The molecule has 1 atom stereocenters. The first-order chi connectivity index (χ1) is 10.9. The maximum Gasteiger partial charge on any atom is 0.268 e. The quantitative estimate of drug-likeness (QED) is 0.802. The average molecular weight is 321 g/mol. The molecule has 0 unspecified atom stereocenters. The minimum atomic E-state index is -0.101. The highest BCUT2D eigenvalue weighted by atomic mass is 16.2. The molecule has 0 spiro atoms. The number of aromatic nitrogens is 2. The maximum absolute atomic E-state index is 11.9. The van der Waals surface area contributed by atoms with Gasteiger partial charge in [-0.05, 0) is 33.2 Å². The normalized spacial score (nSPS) is 18.0. The number of hydrogen-bond donors (Lipinski definition) is 1. The van der Waals surface area contributed by atoms with Crippen LogP contribution < -0.4 is 15.8 Å². The molecule has 2 rings (SSSR count). The molecule has 1 aliphatic rings. The summed E-state index contributed by atoms with van der Waals surface area (Å²) >= 11 is 0. The highest BCUT2D eigenvalue weighted by molar-refractivity contribution is 5.78. The molecule has 1 N–H and O–H groups in total. The van der Waals surface area contributed by atoms with E-state index in [1.54, 1.807) is 19.3 Å². The number of hydrogen-bond acceptors (Lipinski definition) is 5. The average Bonchev–Trinajstić information content (AvgIpc) is 2.96. The van der Waals surface area contributed by atoms with E-state index < -0.39 is 0 Å². The smallest absolute Gasteiger partial charge is 0.268 e. The minimum Gasteiger partial charge on any atom is -0.370 e. The fraction of sp³-hybridized carbons (Fsp3) is 0.688. The van der Waals surface area contributed by atoms with Crippen LogP contribution in [0.1, 0.15) is 20.3 Å². The zero-order valence-corrected chi connectivity index (χ0v) is 14.5. The number of amides is 1. The molecule has 1 aromatic rings. The molecule has 0 bridgehead atoms. The van der Waals surface area contributed by atoms with Crippen LogP contribution in [0.2, 0.25) is 0 Å². The molecule has 7 heteroatoms. The second-order valence-corrected chi connectivity index (χ2v) is 6.59. The summed E-state index contributed by atoms with van der Waals surface area (Å²) in [4.78, 5) is 27.8. The van der Waals surface area contributed by atoms with Crippen molar-refractivity contribution in [2.24, 2.45) is 13.0 Å². The number of carbonyl (C=O) groups excluding carboxylic acids is 1. The highest BCUT2D eigenvalue weighted by Gasteiger charge is 2.23. The van der Waals surface area contributed by atoms with Crippen LogP contribution in [0, 0.1) is 5.92 Å². The molecule has 23 heavy (non-hydrogen) atoms. The van der Waals surface area contributed by atoms with E-state index in [-0.39, 0.29) is 11.5 Å². The van der Waals surface area contributed by atoms with Gasteiger partial charge in [-0.3, -0.25) is 14.5 Å². The van der Waals surface area contributed by atoms with Gasteiger partial charge < -0.3 is 10.2 Å². The molecular weight excluding hydrogens is 294 g/mol. The molecule has 128 valence electrons. The lowest BCUT2D eigenvalue weighted by atomic mass is 10.1. The van der Waals surface area contributed by atoms with Crippen LogP contribution in [0.15, 0.2) is 17.1 Å². The van der Waals surface area contributed by atoms with Crippen molar-refractivity contribution in [1.29, 1.82) is 0 Å². The van der Waals surface area contributed by atoms with Gasteiger partial charge in [-0.15, -0.1) is 0 Å². The largest absolute Gasteiger partial charge is 0.370 e. The van der Waals surface area contributed by atoms with Crippen LogP contribution in [0.25, 0.3) is 0 Å². The third kappa shape index (κ3) is 4.79. The number of anilines is 1. The number of likely N-dealkylation sites (N-methyl/N-ethyl adjacent to an activating group) is 1. The van der Waals surface area contributed by atoms with Crippen molar-refractivity contribution in [2.75, 3.05) is 38.1 Å². The zero-order chi connectivity index (χ0) is 17.0. The lowest BCUT2D eigenvalue weighted by Crippen LogP contribution is -2.40. The second kappa shape index (κ2) is 7.59. The topological polar surface area (TPSA) is 70.5 Å². The summed E-state index contributed by atoms with van der Waals surface area (Å²) < 4.78 is 1.32. The van der Waals surface area contributed by atoms with E-state index in [1.165, 1.54) is 4.68 Å². The van der Waals surface area contributed by atoms with Crippen LogP contribution in [-0.4, -0.2) is 59.9 Å². The second-order valence-electron chi connectivity index (χ2n) is 6.59. The predicted molar refractivity (Wildman–Crippen MR) is 90.6 cm³/mol. The van der Waals surface area contributed by atoms with E-state index in [0.717, 1.165) is 25.2 Å². The molecule has 0 saturated carbocycles. The number of carbonyl (C=O) groups is 1. The van der Waals surface area contributed by atoms with E-state index in [2.05, 4.69) is 29.2 Å². The van der Waals surface area contributed by atoms with Gasteiger partial charge in [-0.2, -0.15) is 5.10 Å². The lowest BCUT2D eigenvalue weighted by molar-refractivity contribution is -0.122. The van der Waals surface area contributed by atoms with Crippen molar-refractivity contribution in [3.8, 4) is 0 Å².